The van der Waals surface area contributed by atoms with Crippen molar-refractivity contribution < 1.29 is 19.1 Å². The molecule has 0 spiro atoms. The molecule has 0 radical (unpaired) electrons. The molecule has 0 unspecified atom stereocenters. The Hall–Kier alpha value is -3.67. The third-order valence-electron chi connectivity index (χ3n) is 6.65. The Kier molecular flexibility index (Phi) is 6.92. The first-order chi connectivity index (χ1) is 16.6. The van der Waals surface area contributed by atoms with Crippen molar-refractivity contribution in [2.75, 3.05) is 23.3 Å². The Morgan fingerprint density at radius 2 is 1.69 bits per heavy atom. The van der Waals surface area contributed by atoms with Gasteiger partial charge in [0, 0.05) is 30.0 Å². The number of benzene rings is 3. The number of nitrogens with one attached hydrogen (secondary N) is 1. The van der Waals surface area contributed by atoms with Gasteiger partial charge in [0.05, 0.1) is 5.56 Å². The van der Waals surface area contributed by atoms with Crippen molar-refractivity contribution in [3.05, 3.63) is 94.8 Å². The van der Waals surface area contributed by atoms with Gasteiger partial charge in [-0.1, -0.05) is 45.0 Å². The molecule has 1 aliphatic heterocycles. The Labute approximate surface area is 205 Å². The van der Waals surface area contributed by atoms with Crippen LogP contribution in [0.4, 0.5) is 15.8 Å². The minimum absolute atomic E-state index is 0.000411. The fraction of sp³-hybridized carbons (Fsp3) is 0.310. The Morgan fingerprint density at radius 3 is 2.34 bits per heavy atom. The number of hydrogen-bond acceptors (Lipinski definition) is 3. The van der Waals surface area contributed by atoms with Crippen molar-refractivity contribution in [1.29, 1.82) is 0 Å². The molecule has 182 valence electrons. The van der Waals surface area contributed by atoms with E-state index in [2.05, 4.69) is 43.1 Å². The summed E-state index contributed by atoms with van der Waals surface area (Å²) in [7, 11) is 0. The molecule has 1 fully saturated rings. The number of piperidine rings is 1. The van der Waals surface area contributed by atoms with Gasteiger partial charge in [-0.05, 0) is 77.8 Å². The van der Waals surface area contributed by atoms with E-state index in [-0.39, 0.29) is 16.9 Å². The molecule has 5 nitrogen and oxygen atoms in total. The molecule has 0 aliphatic carbocycles. The van der Waals surface area contributed by atoms with Crippen LogP contribution in [0.25, 0.3) is 0 Å². The number of halogens is 1. The summed E-state index contributed by atoms with van der Waals surface area (Å²) in [6.07, 6.45) is 1.72. The maximum atomic E-state index is 14.1. The first kappa shape index (κ1) is 24.5. The molecule has 0 atom stereocenters. The van der Waals surface area contributed by atoms with Crippen LogP contribution < -0.4 is 10.2 Å². The van der Waals surface area contributed by atoms with Gasteiger partial charge in [-0.2, -0.15) is 0 Å². The first-order valence-corrected chi connectivity index (χ1v) is 11.9. The molecule has 3 aromatic rings. The number of amides is 1. The molecular weight excluding hydrogens is 443 g/mol. The van der Waals surface area contributed by atoms with Gasteiger partial charge in [-0.3, -0.25) is 4.79 Å². The monoisotopic (exact) mass is 474 g/mol. The Bertz CT molecular complexity index is 1240. The van der Waals surface area contributed by atoms with Crippen LogP contribution >= 0.6 is 0 Å². The zero-order valence-electron chi connectivity index (χ0n) is 20.3. The van der Waals surface area contributed by atoms with E-state index < -0.39 is 11.8 Å². The van der Waals surface area contributed by atoms with E-state index in [1.807, 2.05) is 36.4 Å². The lowest BCUT2D eigenvalue weighted by Gasteiger charge is -2.34. The number of rotatable bonds is 5. The summed E-state index contributed by atoms with van der Waals surface area (Å²) < 4.78 is 14.1. The van der Waals surface area contributed by atoms with E-state index in [0.717, 1.165) is 42.7 Å². The third-order valence-corrected chi connectivity index (χ3v) is 6.65. The third kappa shape index (κ3) is 5.70. The maximum Gasteiger partial charge on any atom is 0.338 e. The molecule has 1 saturated heterocycles. The molecule has 35 heavy (non-hydrogen) atoms. The van der Waals surface area contributed by atoms with Gasteiger partial charge in [0.25, 0.3) is 5.91 Å². The number of nitrogens with zero attached hydrogens (tertiary/aromatic N) is 1. The zero-order valence-corrected chi connectivity index (χ0v) is 20.3. The Morgan fingerprint density at radius 1 is 0.971 bits per heavy atom. The van der Waals surface area contributed by atoms with Crippen molar-refractivity contribution in [3.8, 4) is 0 Å². The van der Waals surface area contributed by atoms with Crippen molar-refractivity contribution in [1.82, 2.24) is 0 Å². The van der Waals surface area contributed by atoms with Crippen molar-refractivity contribution in [3.63, 3.8) is 0 Å². The molecule has 6 heteroatoms. The molecule has 0 bridgehead atoms. The first-order valence-electron chi connectivity index (χ1n) is 11.9. The smallest absolute Gasteiger partial charge is 0.338 e. The van der Waals surface area contributed by atoms with Crippen LogP contribution in [0.2, 0.25) is 0 Å². The molecular formula is C29H31FN2O3. The SMILES string of the molecule is CC(C)(C)c1cccc(NC(=O)c2cccc(C3CCN(c4ccc(C(=O)O)c(F)c4)CC3)c2)c1. The molecule has 0 aromatic heterocycles. The average molecular weight is 475 g/mol. The van der Waals surface area contributed by atoms with Crippen LogP contribution in [0.15, 0.2) is 66.7 Å². The second-order valence-electron chi connectivity index (χ2n) is 10.1. The maximum absolute atomic E-state index is 14.1. The minimum atomic E-state index is -1.27. The zero-order chi connectivity index (χ0) is 25.2. The summed E-state index contributed by atoms with van der Waals surface area (Å²) in [5.74, 6) is -1.82. The molecule has 4 rings (SSSR count). The Balaban J connectivity index is 1.41. The highest BCUT2D eigenvalue weighted by Crippen LogP contribution is 2.32. The van der Waals surface area contributed by atoms with Crippen LogP contribution in [-0.4, -0.2) is 30.1 Å². The average Bonchev–Trinajstić information content (AvgIpc) is 2.83. The van der Waals surface area contributed by atoms with Gasteiger partial charge in [-0.15, -0.1) is 0 Å². The number of anilines is 2. The van der Waals surface area contributed by atoms with E-state index in [1.54, 1.807) is 6.07 Å². The molecule has 1 aliphatic rings. The van der Waals surface area contributed by atoms with Crippen LogP contribution in [0.1, 0.15) is 71.4 Å². The number of carboxylic acid groups (broad SMARTS) is 1. The van der Waals surface area contributed by atoms with Crippen molar-refractivity contribution in [2.45, 2.75) is 44.9 Å². The summed E-state index contributed by atoms with van der Waals surface area (Å²) in [4.78, 5) is 26.1. The highest BCUT2D eigenvalue weighted by molar-refractivity contribution is 6.04. The molecule has 3 aromatic carbocycles. The molecule has 1 heterocycles. The fourth-order valence-corrected chi connectivity index (χ4v) is 4.55. The summed E-state index contributed by atoms with van der Waals surface area (Å²) in [6, 6.07) is 20.0. The number of carbonyl (C=O) groups is 2. The lowest BCUT2D eigenvalue weighted by atomic mass is 9.87. The summed E-state index contributed by atoms with van der Waals surface area (Å²) in [5, 5.41) is 12.1. The van der Waals surface area contributed by atoms with Gasteiger partial charge < -0.3 is 15.3 Å². The largest absolute Gasteiger partial charge is 0.478 e. The van der Waals surface area contributed by atoms with Gasteiger partial charge in [0.2, 0.25) is 0 Å². The second-order valence-corrected chi connectivity index (χ2v) is 10.1. The second kappa shape index (κ2) is 9.90. The quantitative estimate of drug-likeness (QED) is 0.445. The van der Waals surface area contributed by atoms with Crippen LogP contribution in [0, 0.1) is 5.82 Å². The predicted octanol–water partition coefficient (Wildman–Crippen LogP) is 6.46. The van der Waals surface area contributed by atoms with Crippen LogP contribution in [0.5, 0.6) is 0 Å². The molecule has 1 amide bonds. The highest BCUT2D eigenvalue weighted by atomic mass is 19.1. The highest BCUT2D eigenvalue weighted by Gasteiger charge is 2.23. The van der Waals surface area contributed by atoms with E-state index >= 15 is 0 Å². The fourth-order valence-electron chi connectivity index (χ4n) is 4.55. The lowest BCUT2D eigenvalue weighted by molar-refractivity contribution is 0.0691. The normalized spacial score (nSPS) is 14.6. The number of carboxylic acids is 1. The summed E-state index contributed by atoms with van der Waals surface area (Å²) in [5.41, 5.74) is 4.06. The number of aromatic carboxylic acids is 1. The van der Waals surface area contributed by atoms with E-state index in [4.69, 9.17) is 5.11 Å². The summed E-state index contributed by atoms with van der Waals surface area (Å²) >= 11 is 0. The van der Waals surface area contributed by atoms with Crippen molar-refractivity contribution in [2.24, 2.45) is 0 Å². The lowest BCUT2D eigenvalue weighted by Crippen LogP contribution is -2.33. The van der Waals surface area contributed by atoms with E-state index in [9.17, 15) is 14.0 Å². The summed E-state index contributed by atoms with van der Waals surface area (Å²) in [6.45, 7) is 7.89. The minimum Gasteiger partial charge on any atom is -0.478 e. The van der Waals surface area contributed by atoms with E-state index in [1.165, 1.54) is 12.1 Å². The molecule has 2 N–H and O–H groups in total. The van der Waals surface area contributed by atoms with Gasteiger partial charge in [0.1, 0.15) is 5.82 Å². The van der Waals surface area contributed by atoms with Gasteiger partial charge >= 0.3 is 5.97 Å². The number of carbonyl (C=O) groups excluding carboxylic acids is 1. The van der Waals surface area contributed by atoms with Gasteiger partial charge in [-0.25, -0.2) is 9.18 Å². The topological polar surface area (TPSA) is 69.6 Å². The van der Waals surface area contributed by atoms with Crippen molar-refractivity contribution >= 4 is 23.3 Å². The van der Waals surface area contributed by atoms with Crippen LogP contribution in [-0.2, 0) is 5.41 Å². The van der Waals surface area contributed by atoms with Crippen LogP contribution in [0.3, 0.4) is 0 Å². The number of hydrogen-bond donors (Lipinski definition) is 2. The van der Waals surface area contributed by atoms with E-state index in [0.29, 0.717) is 17.2 Å². The standard InChI is InChI=1S/C29H31FN2O3/c1-29(2,3)22-8-5-9-23(17-22)31-27(33)21-7-4-6-20(16-21)19-12-14-32(15-13-19)24-10-11-25(28(34)35)26(30)18-24/h4-11,16-19H,12-15H2,1-3H3,(H,31,33)(H,34,35). The van der Waals surface area contributed by atoms with Gasteiger partial charge in [0.15, 0.2) is 0 Å². The predicted molar refractivity (Wildman–Crippen MR) is 137 cm³/mol. The molecule has 0 saturated carbocycles.